The number of carboxylic acid groups (broad SMARTS) is 1. The van der Waals surface area contributed by atoms with Gasteiger partial charge in [-0.3, -0.25) is 4.79 Å². The van der Waals surface area contributed by atoms with Gasteiger partial charge in [0.2, 0.25) is 0 Å². The summed E-state index contributed by atoms with van der Waals surface area (Å²) in [6.45, 7) is 0. The molecule has 0 radical (unpaired) electrons. The van der Waals surface area contributed by atoms with Crippen molar-refractivity contribution < 1.29 is 9.90 Å². The summed E-state index contributed by atoms with van der Waals surface area (Å²) in [5.74, 6) is -0.231. The van der Waals surface area contributed by atoms with E-state index in [0.717, 1.165) is 37.8 Å². The van der Waals surface area contributed by atoms with Crippen LogP contribution in [0.1, 0.15) is 48.9 Å². The fourth-order valence-corrected chi connectivity index (χ4v) is 3.35. The Morgan fingerprint density at radius 3 is 2.76 bits per heavy atom. The van der Waals surface area contributed by atoms with Gasteiger partial charge in [-0.15, -0.1) is 0 Å². The van der Waals surface area contributed by atoms with Crippen LogP contribution in [0.25, 0.3) is 0 Å². The van der Waals surface area contributed by atoms with Crippen molar-refractivity contribution in [2.45, 2.75) is 51.0 Å². The number of rotatable bonds is 3. The van der Waals surface area contributed by atoms with Crippen LogP contribution in [0.2, 0.25) is 0 Å². The second-order valence-corrected chi connectivity index (χ2v) is 5.99. The minimum Gasteiger partial charge on any atom is -0.481 e. The molecule has 2 aliphatic rings. The van der Waals surface area contributed by atoms with Crippen LogP contribution in [-0.2, 0) is 17.6 Å². The van der Waals surface area contributed by atoms with Gasteiger partial charge in [-0.1, -0.05) is 0 Å². The quantitative estimate of drug-likeness (QED) is 0.891. The molecule has 0 saturated heterocycles. The van der Waals surface area contributed by atoms with Crippen LogP contribution in [0.15, 0.2) is 6.07 Å². The Morgan fingerprint density at radius 1 is 1.33 bits per heavy atom. The summed E-state index contributed by atoms with van der Waals surface area (Å²) in [6, 6.07) is 4.40. The number of aromatic nitrogens is 1. The van der Waals surface area contributed by atoms with Crippen molar-refractivity contribution in [1.82, 2.24) is 4.98 Å². The summed E-state index contributed by atoms with van der Waals surface area (Å²) in [5.41, 5.74) is 2.92. The molecule has 0 unspecified atom stereocenters. The van der Waals surface area contributed by atoms with E-state index in [2.05, 4.69) is 16.4 Å². The van der Waals surface area contributed by atoms with E-state index in [1.807, 2.05) is 6.07 Å². The molecule has 2 aliphatic carbocycles. The van der Waals surface area contributed by atoms with E-state index >= 15 is 0 Å². The van der Waals surface area contributed by atoms with Crippen LogP contribution in [0.5, 0.6) is 0 Å². The van der Waals surface area contributed by atoms with E-state index in [4.69, 9.17) is 5.11 Å². The Morgan fingerprint density at radius 2 is 2.10 bits per heavy atom. The van der Waals surface area contributed by atoms with Crippen LogP contribution in [0.4, 0.5) is 5.82 Å². The largest absolute Gasteiger partial charge is 0.481 e. The molecule has 1 saturated carbocycles. The second-order valence-electron chi connectivity index (χ2n) is 5.99. The Labute approximate surface area is 124 Å². The number of fused-ring (bicyclic) bond motifs is 1. The smallest absolute Gasteiger partial charge is 0.306 e. The minimum atomic E-state index is -0.693. The highest BCUT2D eigenvalue weighted by molar-refractivity contribution is 5.70. The maximum Gasteiger partial charge on any atom is 0.306 e. The van der Waals surface area contributed by atoms with Crippen LogP contribution >= 0.6 is 0 Å². The molecule has 0 aromatic carbocycles. The van der Waals surface area contributed by atoms with Crippen LogP contribution in [0, 0.1) is 17.2 Å². The van der Waals surface area contributed by atoms with Crippen molar-refractivity contribution in [3.8, 4) is 6.07 Å². The molecular formula is C16H19N3O2. The molecule has 1 aromatic rings. The fourth-order valence-electron chi connectivity index (χ4n) is 3.35. The minimum absolute atomic E-state index is 0.216. The van der Waals surface area contributed by atoms with Gasteiger partial charge in [0.25, 0.3) is 0 Å². The normalized spacial score (nSPS) is 24.1. The second kappa shape index (κ2) is 5.72. The van der Waals surface area contributed by atoms with Crippen molar-refractivity contribution in [2.75, 3.05) is 5.32 Å². The first-order valence-corrected chi connectivity index (χ1v) is 7.59. The first-order valence-electron chi connectivity index (χ1n) is 7.59. The highest BCUT2D eigenvalue weighted by Gasteiger charge is 2.27. The molecule has 0 atom stereocenters. The topological polar surface area (TPSA) is 86.0 Å². The number of aliphatic carboxylic acids is 1. The number of hydrogen-bond acceptors (Lipinski definition) is 4. The maximum absolute atomic E-state index is 11.0. The van der Waals surface area contributed by atoms with E-state index in [1.54, 1.807) is 0 Å². The Hall–Kier alpha value is -2.09. The van der Waals surface area contributed by atoms with Gasteiger partial charge in [0.15, 0.2) is 0 Å². The van der Waals surface area contributed by atoms with Crippen LogP contribution in [-0.4, -0.2) is 22.1 Å². The molecule has 1 fully saturated rings. The van der Waals surface area contributed by atoms with Gasteiger partial charge in [0.05, 0.1) is 11.5 Å². The first-order chi connectivity index (χ1) is 10.2. The zero-order valence-corrected chi connectivity index (χ0v) is 11.9. The molecule has 0 spiro atoms. The number of nitrogens with zero attached hydrogens (tertiary/aromatic N) is 2. The zero-order valence-electron chi connectivity index (χ0n) is 11.9. The van der Waals surface area contributed by atoms with Gasteiger partial charge in [0, 0.05) is 11.7 Å². The highest BCUT2D eigenvalue weighted by atomic mass is 16.4. The van der Waals surface area contributed by atoms with E-state index in [9.17, 15) is 10.1 Å². The molecule has 1 aromatic heterocycles. The third-order valence-corrected chi connectivity index (χ3v) is 4.59. The van der Waals surface area contributed by atoms with E-state index in [0.29, 0.717) is 24.2 Å². The standard InChI is InChI=1S/C16H19N3O2/c17-9-12-8-11-2-1-3-14(11)19-15(12)18-13-6-4-10(5-7-13)16(20)21/h8,10,13H,1-7H2,(H,18,19)(H,20,21). The van der Waals surface area contributed by atoms with Crippen molar-refractivity contribution >= 4 is 11.8 Å². The SMILES string of the molecule is N#Cc1cc2c(nc1NC1CCC(C(=O)O)CC1)CCC2. The lowest BCUT2D eigenvalue weighted by atomic mass is 9.86. The third kappa shape index (κ3) is 2.85. The third-order valence-electron chi connectivity index (χ3n) is 4.59. The van der Waals surface area contributed by atoms with E-state index < -0.39 is 5.97 Å². The van der Waals surface area contributed by atoms with Gasteiger partial charge >= 0.3 is 5.97 Å². The van der Waals surface area contributed by atoms with Crippen molar-refractivity contribution in [3.05, 3.63) is 22.9 Å². The summed E-state index contributed by atoms with van der Waals surface area (Å²) < 4.78 is 0. The number of aryl methyl sites for hydroxylation is 2. The first kappa shape index (κ1) is 13.9. The van der Waals surface area contributed by atoms with Crippen molar-refractivity contribution in [2.24, 2.45) is 5.92 Å². The Bertz CT molecular complexity index is 598. The lowest BCUT2D eigenvalue weighted by Crippen LogP contribution is -2.30. The fraction of sp³-hybridized carbons (Fsp3) is 0.562. The lowest BCUT2D eigenvalue weighted by Gasteiger charge is -2.27. The zero-order chi connectivity index (χ0) is 14.8. The number of carbonyl (C=O) groups is 1. The van der Waals surface area contributed by atoms with E-state index in [1.165, 1.54) is 5.56 Å². The molecule has 0 bridgehead atoms. The maximum atomic E-state index is 11.0. The van der Waals surface area contributed by atoms with Crippen molar-refractivity contribution in [3.63, 3.8) is 0 Å². The number of anilines is 1. The summed E-state index contributed by atoms with van der Waals surface area (Å²) in [6.07, 6.45) is 6.14. The average Bonchev–Trinajstić information content (AvgIpc) is 2.94. The number of nitriles is 1. The number of carboxylic acids is 1. The molecule has 110 valence electrons. The highest BCUT2D eigenvalue weighted by Crippen LogP contribution is 2.29. The molecule has 0 aliphatic heterocycles. The van der Waals surface area contributed by atoms with Gasteiger partial charge < -0.3 is 10.4 Å². The van der Waals surface area contributed by atoms with E-state index in [-0.39, 0.29) is 12.0 Å². The van der Waals surface area contributed by atoms with Crippen molar-refractivity contribution in [1.29, 1.82) is 5.26 Å². The number of nitrogens with one attached hydrogen (secondary N) is 1. The van der Waals surface area contributed by atoms with Gasteiger partial charge in [-0.25, -0.2) is 4.98 Å². The Kier molecular flexibility index (Phi) is 3.78. The van der Waals surface area contributed by atoms with Crippen LogP contribution in [0.3, 0.4) is 0 Å². The average molecular weight is 285 g/mol. The summed E-state index contributed by atoms with van der Waals surface area (Å²) in [7, 11) is 0. The molecule has 2 N–H and O–H groups in total. The predicted molar refractivity (Wildman–Crippen MR) is 78.0 cm³/mol. The molecule has 5 nitrogen and oxygen atoms in total. The summed E-state index contributed by atoms with van der Waals surface area (Å²) in [4.78, 5) is 15.6. The number of pyridine rings is 1. The predicted octanol–water partition coefficient (Wildman–Crippen LogP) is 2.50. The molecular weight excluding hydrogens is 266 g/mol. The van der Waals surface area contributed by atoms with Gasteiger partial charge in [0.1, 0.15) is 11.9 Å². The monoisotopic (exact) mass is 285 g/mol. The molecule has 5 heteroatoms. The number of hydrogen-bond donors (Lipinski definition) is 2. The molecule has 0 amide bonds. The lowest BCUT2D eigenvalue weighted by molar-refractivity contribution is -0.142. The molecule has 1 heterocycles. The summed E-state index contributed by atoms with van der Waals surface area (Å²) in [5, 5.41) is 21.7. The van der Waals surface area contributed by atoms with Gasteiger partial charge in [-0.2, -0.15) is 5.26 Å². The van der Waals surface area contributed by atoms with Crippen LogP contribution < -0.4 is 5.32 Å². The summed E-state index contributed by atoms with van der Waals surface area (Å²) >= 11 is 0. The Balaban J connectivity index is 1.71. The van der Waals surface area contributed by atoms with Gasteiger partial charge in [-0.05, 0) is 56.6 Å². The molecule has 21 heavy (non-hydrogen) atoms. The molecule has 3 rings (SSSR count).